The van der Waals surface area contributed by atoms with Crippen molar-refractivity contribution in [2.45, 2.75) is 6.92 Å². The second kappa shape index (κ2) is 8.15. The number of fused-ring (bicyclic) bond motifs is 1. The minimum absolute atomic E-state index is 0.0752. The molecule has 0 aliphatic rings. The highest BCUT2D eigenvalue weighted by Crippen LogP contribution is 2.31. The van der Waals surface area contributed by atoms with E-state index in [1.807, 2.05) is 31.2 Å². The standard InChI is InChI=1S/C21H17N3O4S/c1-2-27-14-9-7-13(8-10-14)19(25)23-24-20(26)16-11-12-17(28-16)21-22-15-5-3-4-6-18(15)29-21/h3-12H,2H2,1H3,(H,23,25)(H,24,26). The molecular formula is C21H17N3O4S. The molecule has 0 aliphatic carbocycles. The van der Waals surface area contributed by atoms with Crippen molar-refractivity contribution < 1.29 is 18.7 Å². The van der Waals surface area contributed by atoms with E-state index in [9.17, 15) is 9.59 Å². The number of thiazole rings is 1. The molecule has 4 aromatic rings. The number of carbonyl (C=O) groups excluding carboxylic acids is 2. The molecule has 0 fully saturated rings. The smallest absolute Gasteiger partial charge is 0.305 e. The molecule has 0 aliphatic heterocycles. The molecule has 0 bridgehead atoms. The highest BCUT2D eigenvalue weighted by Gasteiger charge is 2.16. The van der Waals surface area contributed by atoms with Gasteiger partial charge in [0, 0.05) is 5.56 Å². The van der Waals surface area contributed by atoms with Gasteiger partial charge in [-0.25, -0.2) is 4.98 Å². The summed E-state index contributed by atoms with van der Waals surface area (Å²) in [5.74, 6) is 0.238. The van der Waals surface area contributed by atoms with Crippen molar-refractivity contribution in [1.82, 2.24) is 15.8 Å². The molecule has 2 amide bonds. The fourth-order valence-corrected chi connectivity index (χ4v) is 3.60. The Morgan fingerprint density at radius 2 is 1.76 bits per heavy atom. The van der Waals surface area contributed by atoms with E-state index in [4.69, 9.17) is 9.15 Å². The van der Waals surface area contributed by atoms with Gasteiger partial charge < -0.3 is 9.15 Å². The van der Waals surface area contributed by atoms with E-state index in [0.29, 0.717) is 28.7 Å². The van der Waals surface area contributed by atoms with E-state index in [-0.39, 0.29) is 5.76 Å². The molecular weight excluding hydrogens is 390 g/mol. The Labute approximate surface area is 170 Å². The summed E-state index contributed by atoms with van der Waals surface area (Å²) in [6.45, 7) is 2.43. The van der Waals surface area contributed by atoms with Crippen molar-refractivity contribution >= 4 is 33.4 Å². The van der Waals surface area contributed by atoms with Gasteiger partial charge in [0.25, 0.3) is 5.91 Å². The quantitative estimate of drug-likeness (QED) is 0.487. The van der Waals surface area contributed by atoms with Crippen LogP contribution in [0.5, 0.6) is 5.75 Å². The third kappa shape index (κ3) is 4.12. The first-order chi connectivity index (χ1) is 14.1. The normalized spacial score (nSPS) is 10.7. The lowest BCUT2D eigenvalue weighted by molar-refractivity contribution is 0.0831. The zero-order chi connectivity index (χ0) is 20.2. The van der Waals surface area contributed by atoms with Gasteiger partial charge in [0.05, 0.1) is 16.8 Å². The van der Waals surface area contributed by atoms with Crippen molar-refractivity contribution in [1.29, 1.82) is 0 Å². The minimum atomic E-state index is -0.559. The maximum atomic E-state index is 12.3. The van der Waals surface area contributed by atoms with Gasteiger partial charge in [0.15, 0.2) is 16.5 Å². The number of nitrogens with one attached hydrogen (secondary N) is 2. The summed E-state index contributed by atoms with van der Waals surface area (Å²) in [5, 5.41) is 0.684. The number of rotatable bonds is 5. The predicted molar refractivity (Wildman–Crippen MR) is 110 cm³/mol. The number of benzene rings is 2. The summed E-state index contributed by atoms with van der Waals surface area (Å²) in [6, 6.07) is 17.6. The second-order valence-corrected chi connectivity index (χ2v) is 7.05. The van der Waals surface area contributed by atoms with Gasteiger partial charge in [-0.1, -0.05) is 12.1 Å². The lowest BCUT2D eigenvalue weighted by Crippen LogP contribution is -2.41. The molecule has 4 rings (SSSR count). The zero-order valence-electron chi connectivity index (χ0n) is 15.5. The van der Waals surface area contributed by atoms with E-state index in [2.05, 4.69) is 15.8 Å². The number of nitrogens with zero attached hydrogens (tertiary/aromatic N) is 1. The van der Waals surface area contributed by atoms with Gasteiger partial charge in [-0.15, -0.1) is 11.3 Å². The molecule has 2 aromatic heterocycles. The predicted octanol–water partition coefficient (Wildman–Crippen LogP) is 4.03. The number of carbonyl (C=O) groups is 2. The number of para-hydroxylation sites is 1. The highest BCUT2D eigenvalue weighted by molar-refractivity contribution is 7.21. The number of furan rings is 1. The summed E-state index contributed by atoms with van der Waals surface area (Å²) in [5.41, 5.74) is 5.98. The average Bonchev–Trinajstić information content (AvgIpc) is 3.39. The van der Waals surface area contributed by atoms with Crippen LogP contribution in [0.15, 0.2) is 65.1 Å². The first kappa shape index (κ1) is 18.7. The van der Waals surface area contributed by atoms with Gasteiger partial charge in [-0.2, -0.15) is 0 Å². The van der Waals surface area contributed by atoms with Crippen molar-refractivity contribution in [3.05, 3.63) is 72.0 Å². The first-order valence-corrected chi connectivity index (χ1v) is 9.75. The third-order valence-corrected chi connectivity index (χ3v) is 5.10. The lowest BCUT2D eigenvalue weighted by atomic mass is 10.2. The summed E-state index contributed by atoms with van der Waals surface area (Å²) in [4.78, 5) is 29.0. The van der Waals surface area contributed by atoms with Crippen molar-refractivity contribution in [3.8, 4) is 16.5 Å². The molecule has 2 aromatic carbocycles. The van der Waals surface area contributed by atoms with E-state index in [1.54, 1.807) is 36.4 Å². The Morgan fingerprint density at radius 3 is 2.52 bits per heavy atom. The molecule has 0 spiro atoms. The lowest BCUT2D eigenvalue weighted by Gasteiger charge is -2.07. The van der Waals surface area contributed by atoms with Crippen LogP contribution in [0.1, 0.15) is 27.8 Å². The molecule has 0 saturated heterocycles. The number of amides is 2. The SMILES string of the molecule is CCOc1ccc(C(=O)NNC(=O)c2ccc(-c3nc4ccccc4s3)o2)cc1. The van der Waals surface area contributed by atoms with Gasteiger partial charge in [-0.3, -0.25) is 20.4 Å². The number of ether oxygens (including phenoxy) is 1. The molecule has 29 heavy (non-hydrogen) atoms. The van der Waals surface area contributed by atoms with Crippen LogP contribution in [-0.4, -0.2) is 23.4 Å². The van der Waals surface area contributed by atoms with Gasteiger partial charge in [-0.05, 0) is 55.5 Å². The Morgan fingerprint density at radius 1 is 1.00 bits per heavy atom. The molecule has 0 unspecified atom stereocenters. The maximum Gasteiger partial charge on any atom is 0.305 e. The molecule has 2 N–H and O–H groups in total. The van der Waals surface area contributed by atoms with Crippen LogP contribution in [0.25, 0.3) is 21.0 Å². The molecule has 0 saturated carbocycles. The number of hydrazine groups is 1. The van der Waals surface area contributed by atoms with Crippen LogP contribution in [0.2, 0.25) is 0 Å². The second-order valence-electron chi connectivity index (χ2n) is 6.02. The first-order valence-electron chi connectivity index (χ1n) is 8.93. The van der Waals surface area contributed by atoms with E-state index in [1.165, 1.54) is 11.3 Å². The van der Waals surface area contributed by atoms with E-state index >= 15 is 0 Å². The molecule has 8 heteroatoms. The number of hydrogen-bond acceptors (Lipinski definition) is 6. The van der Waals surface area contributed by atoms with Crippen LogP contribution in [-0.2, 0) is 0 Å². The minimum Gasteiger partial charge on any atom is -0.494 e. The molecule has 146 valence electrons. The Bertz CT molecular complexity index is 1130. The van der Waals surface area contributed by atoms with Crippen molar-refractivity contribution in [3.63, 3.8) is 0 Å². The Hall–Kier alpha value is -3.65. The highest BCUT2D eigenvalue weighted by atomic mass is 32.1. The Kier molecular flexibility index (Phi) is 5.26. The fourth-order valence-electron chi connectivity index (χ4n) is 2.67. The summed E-state index contributed by atoms with van der Waals surface area (Å²) in [7, 11) is 0. The fraction of sp³-hybridized carbons (Fsp3) is 0.0952. The summed E-state index contributed by atoms with van der Waals surface area (Å²) in [6.07, 6.45) is 0. The van der Waals surface area contributed by atoms with Gasteiger partial charge in [0.2, 0.25) is 0 Å². The van der Waals surface area contributed by atoms with Gasteiger partial charge in [0.1, 0.15) is 5.75 Å². The average molecular weight is 407 g/mol. The third-order valence-electron chi connectivity index (χ3n) is 4.05. The molecule has 7 nitrogen and oxygen atoms in total. The van der Waals surface area contributed by atoms with Crippen LogP contribution in [0.4, 0.5) is 0 Å². The molecule has 0 atom stereocenters. The Balaban J connectivity index is 1.39. The number of hydrogen-bond donors (Lipinski definition) is 2. The molecule has 0 radical (unpaired) electrons. The van der Waals surface area contributed by atoms with Crippen LogP contribution >= 0.6 is 11.3 Å². The van der Waals surface area contributed by atoms with Crippen LogP contribution in [0.3, 0.4) is 0 Å². The zero-order valence-corrected chi connectivity index (χ0v) is 16.3. The largest absolute Gasteiger partial charge is 0.494 e. The molecule has 2 heterocycles. The number of aromatic nitrogens is 1. The summed E-state index contributed by atoms with van der Waals surface area (Å²) >= 11 is 1.48. The monoisotopic (exact) mass is 407 g/mol. The van der Waals surface area contributed by atoms with Crippen molar-refractivity contribution in [2.24, 2.45) is 0 Å². The topological polar surface area (TPSA) is 93.5 Å². The summed E-state index contributed by atoms with van der Waals surface area (Å²) < 4.78 is 12.0. The van der Waals surface area contributed by atoms with Crippen LogP contribution < -0.4 is 15.6 Å². The maximum absolute atomic E-state index is 12.3. The van der Waals surface area contributed by atoms with E-state index in [0.717, 1.165) is 10.2 Å². The van der Waals surface area contributed by atoms with Gasteiger partial charge >= 0.3 is 5.91 Å². The van der Waals surface area contributed by atoms with Crippen LogP contribution in [0, 0.1) is 0 Å². The van der Waals surface area contributed by atoms with Crippen molar-refractivity contribution in [2.75, 3.05) is 6.61 Å². The van der Waals surface area contributed by atoms with E-state index < -0.39 is 11.8 Å².